The Labute approximate surface area is 147 Å². The summed E-state index contributed by atoms with van der Waals surface area (Å²) in [6, 6.07) is 9.28. The fraction of sp³-hybridized carbons (Fsp3) is 0.267. The van der Waals surface area contributed by atoms with Crippen molar-refractivity contribution in [2.24, 2.45) is 14.1 Å². The highest BCUT2D eigenvalue weighted by Crippen LogP contribution is 2.15. The summed E-state index contributed by atoms with van der Waals surface area (Å²) in [5.74, 6) is -0.154. The van der Waals surface area contributed by atoms with Crippen molar-refractivity contribution >= 4 is 23.4 Å². The van der Waals surface area contributed by atoms with Gasteiger partial charge in [-0.05, 0) is 30.8 Å². The number of para-hydroxylation sites is 1. The van der Waals surface area contributed by atoms with Crippen LogP contribution in [0.3, 0.4) is 0 Å². The van der Waals surface area contributed by atoms with Crippen molar-refractivity contribution in [3.8, 4) is 5.69 Å². The Morgan fingerprint density at radius 1 is 1.36 bits per heavy atom. The molecular weight excluding hydrogens is 342 g/mol. The maximum atomic E-state index is 12.7. The van der Waals surface area contributed by atoms with Crippen LogP contribution in [0.1, 0.15) is 5.69 Å². The van der Waals surface area contributed by atoms with Crippen molar-refractivity contribution in [3.05, 3.63) is 46.4 Å². The Hall–Kier alpha value is -2.88. The Morgan fingerprint density at radius 3 is 2.72 bits per heavy atom. The highest BCUT2D eigenvalue weighted by atomic mass is 32.2. The molecule has 2 N–H and O–H groups in total. The first-order valence-corrected chi connectivity index (χ1v) is 8.51. The molecule has 130 valence electrons. The van der Waals surface area contributed by atoms with Gasteiger partial charge < -0.3 is 5.32 Å². The van der Waals surface area contributed by atoms with Crippen molar-refractivity contribution in [3.63, 3.8) is 0 Å². The molecular formula is C15H18N7O2S+. The summed E-state index contributed by atoms with van der Waals surface area (Å²) in [5.41, 5.74) is 1.43. The summed E-state index contributed by atoms with van der Waals surface area (Å²) in [7, 11) is 3.53. The molecule has 0 atom stereocenters. The van der Waals surface area contributed by atoms with E-state index in [1.165, 1.54) is 16.4 Å². The van der Waals surface area contributed by atoms with Crippen molar-refractivity contribution in [1.82, 2.24) is 24.9 Å². The van der Waals surface area contributed by atoms with E-state index in [2.05, 4.69) is 20.8 Å². The van der Waals surface area contributed by atoms with Gasteiger partial charge in [0, 0.05) is 7.05 Å². The highest BCUT2D eigenvalue weighted by Gasteiger charge is 2.19. The van der Waals surface area contributed by atoms with Crippen LogP contribution in [0.4, 0.5) is 5.69 Å². The monoisotopic (exact) mass is 360 g/mol. The molecule has 0 aliphatic carbocycles. The zero-order chi connectivity index (χ0) is 18.0. The van der Waals surface area contributed by atoms with Gasteiger partial charge in [0.2, 0.25) is 5.91 Å². The Kier molecular flexibility index (Phi) is 4.70. The van der Waals surface area contributed by atoms with Gasteiger partial charge in [-0.3, -0.25) is 14.3 Å². The minimum atomic E-state index is -0.279. The van der Waals surface area contributed by atoms with E-state index < -0.39 is 0 Å². The number of hydrogen-bond donors (Lipinski definition) is 2. The predicted octanol–water partition coefficient (Wildman–Crippen LogP) is 0.158. The Morgan fingerprint density at radius 2 is 2.08 bits per heavy atom. The Bertz CT molecular complexity index is 958. The second kappa shape index (κ2) is 6.93. The summed E-state index contributed by atoms with van der Waals surface area (Å²) < 4.78 is 4.85. The zero-order valence-electron chi connectivity index (χ0n) is 14.1. The molecule has 0 unspecified atom stereocenters. The van der Waals surface area contributed by atoms with Crippen molar-refractivity contribution in [1.29, 1.82) is 0 Å². The summed E-state index contributed by atoms with van der Waals surface area (Å²) in [6.45, 7) is 1.79. The standard InChI is InChI=1S/C15H17N7O2S/c1-10-13(16-12(23)9-25-15-17-18-19-20(15)2)14(24)22(21(10)3)11-7-5-4-6-8-11/h4-8H,9H2,1-3H3,(H,16,23)/p+1. The fourth-order valence-electron chi connectivity index (χ4n) is 2.39. The van der Waals surface area contributed by atoms with Crippen LogP contribution in [0.5, 0.6) is 0 Å². The lowest BCUT2D eigenvalue weighted by Crippen LogP contribution is -2.33. The van der Waals surface area contributed by atoms with E-state index in [1.807, 2.05) is 30.3 Å². The lowest BCUT2D eigenvalue weighted by atomic mass is 10.3. The summed E-state index contributed by atoms with van der Waals surface area (Å²) in [5, 5.41) is 13.4. The van der Waals surface area contributed by atoms with Crippen LogP contribution in [0.15, 0.2) is 40.3 Å². The highest BCUT2D eigenvalue weighted by molar-refractivity contribution is 7.99. The van der Waals surface area contributed by atoms with Gasteiger partial charge in [0.05, 0.1) is 24.2 Å². The molecule has 0 saturated heterocycles. The quantitative estimate of drug-likeness (QED) is 0.498. The molecule has 3 aromatic rings. The van der Waals surface area contributed by atoms with Gasteiger partial charge in [-0.25, -0.2) is 4.68 Å². The third-order valence-electron chi connectivity index (χ3n) is 3.77. The van der Waals surface area contributed by atoms with E-state index in [9.17, 15) is 9.59 Å². The van der Waals surface area contributed by atoms with Crippen LogP contribution in [0.25, 0.3) is 5.69 Å². The fourth-order valence-corrected chi connectivity index (χ4v) is 3.05. The number of tetrazole rings is 1. The number of thioether (sulfide) groups is 1. The predicted molar refractivity (Wildman–Crippen MR) is 92.7 cm³/mol. The first-order valence-electron chi connectivity index (χ1n) is 7.52. The minimum Gasteiger partial charge on any atom is -0.319 e. The molecule has 1 amide bonds. The first-order chi connectivity index (χ1) is 12.0. The van der Waals surface area contributed by atoms with E-state index in [0.717, 1.165) is 5.69 Å². The van der Waals surface area contributed by atoms with E-state index in [1.54, 1.807) is 30.4 Å². The summed E-state index contributed by atoms with van der Waals surface area (Å²) >= 11 is 1.23. The number of benzene rings is 1. The van der Waals surface area contributed by atoms with E-state index >= 15 is 0 Å². The number of carbonyl (C=O) groups is 1. The molecule has 0 saturated carbocycles. The number of carbonyl (C=O) groups excluding carboxylic acids is 1. The van der Waals surface area contributed by atoms with Gasteiger partial charge in [-0.1, -0.05) is 23.4 Å². The maximum absolute atomic E-state index is 12.7. The molecule has 10 heteroatoms. The molecule has 0 fully saturated rings. The van der Waals surface area contributed by atoms with Gasteiger partial charge in [0.15, 0.2) is 5.21 Å². The number of nitrogens with one attached hydrogen (secondary N) is 2. The third-order valence-corrected chi connectivity index (χ3v) is 4.79. The lowest BCUT2D eigenvalue weighted by Gasteiger charge is -2.07. The average molecular weight is 360 g/mol. The van der Waals surface area contributed by atoms with Crippen LogP contribution < -0.4 is 15.6 Å². The van der Waals surface area contributed by atoms with Gasteiger partial charge in [0.25, 0.3) is 5.56 Å². The Balaban J connectivity index is 1.80. The molecule has 0 bridgehead atoms. The van der Waals surface area contributed by atoms with Crippen LogP contribution >= 0.6 is 11.8 Å². The number of aromatic amines is 1. The minimum absolute atomic E-state index is 0.124. The molecule has 1 aromatic carbocycles. The van der Waals surface area contributed by atoms with Crippen LogP contribution in [0.2, 0.25) is 0 Å². The topological polar surface area (TPSA) is 101 Å². The van der Waals surface area contributed by atoms with Crippen molar-refractivity contribution in [2.45, 2.75) is 12.1 Å². The van der Waals surface area contributed by atoms with Crippen LogP contribution in [0, 0.1) is 6.92 Å². The van der Waals surface area contributed by atoms with Crippen molar-refractivity contribution < 1.29 is 9.48 Å². The third kappa shape index (κ3) is 3.33. The normalized spacial score (nSPS) is 10.8. The first kappa shape index (κ1) is 17.0. The number of rotatable bonds is 5. The summed E-state index contributed by atoms with van der Waals surface area (Å²) in [4.78, 5) is 24.9. The SMILES string of the molecule is Cc1c(NC(=O)CSc2nn[nH][n+]2C)c(=O)n(-c2ccccc2)n1C. The number of amides is 1. The number of anilines is 1. The molecule has 25 heavy (non-hydrogen) atoms. The molecule has 0 aliphatic rings. The molecule has 9 nitrogen and oxygen atoms in total. The molecule has 2 aromatic heterocycles. The second-order valence-corrected chi connectivity index (χ2v) is 6.36. The lowest BCUT2D eigenvalue weighted by molar-refractivity contribution is -0.765. The van der Waals surface area contributed by atoms with Gasteiger partial charge >= 0.3 is 5.16 Å². The smallest absolute Gasteiger partial charge is 0.319 e. The van der Waals surface area contributed by atoms with Crippen LogP contribution in [-0.2, 0) is 18.9 Å². The molecule has 2 heterocycles. The number of hydrogen-bond acceptors (Lipinski definition) is 5. The summed E-state index contributed by atoms with van der Waals surface area (Å²) in [6.07, 6.45) is 0. The molecule has 3 rings (SSSR count). The maximum Gasteiger partial charge on any atom is 0.360 e. The number of H-pyrrole nitrogens is 1. The van der Waals surface area contributed by atoms with Crippen molar-refractivity contribution in [2.75, 3.05) is 11.1 Å². The van der Waals surface area contributed by atoms with Crippen LogP contribution in [-0.4, -0.2) is 36.5 Å². The van der Waals surface area contributed by atoms with E-state index in [4.69, 9.17) is 0 Å². The van der Waals surface area contributed by atoms with Gasteiger partial charge in [0.1, 0.15) is 10.8 Å². The average Bonchev–Trinajstić information content (AvgIpc) is 3.10. The molecule has 0 spiro atoms. The van der Waals surface area contributed by atoms with E-state index in [-0.39, 0.29) is 22.9 Å². The second-order valence-electron chi connectivity index (χ2n) is 5.41. The molecule has 0 radical (unpaired) electrons. The largest absolute Gasteiger partial charge is 0.360 e. The zero-order valence-corrected chi connectivity index (χ0v) is 14.9. The number of nitrogens with zero attached hydrogens (tertiary/aromatic N) is 5. The van der Waals surface area contributed by atoms with Gasteiger partial charge in [-0.2, -0.15) is 4.68 Å². The van der Waals surface area contributed by atoms with E-state index in [0.29, 0.717) is 10.9 Å². The number of aryl methyl sites for hydroxylation is 1. The molecule has 0 aliphatic heterocycles. The van der Waals surface area contributed by atoms with Gasteiger partial charge in [-0.15, -0.1) is 0 Å². The number of aromatic nitrogens is 6.